The van der Waals surface area contributed by atoms with E-state index < -0.39 is 12.2 Å². The molecule has 0 aromatic rings. The average Bonchev–Trinajstić information content (AvgIpc) is 2.98. The molecule has 1 rings (SSSR count). The van der Waals surface area contributed by atoms with E-state index in [1.807, 2.05) is 0 Å². The number of aliphatic hydroxyl groups is 2. The molecule has 1 saturated carbocycles. The monoisotopic (exact) mass is 446 g/mol. The molecule has 0 aliphatic heterocycles. The number of unbranched alkanes of at least 4 members (excludes halogenated alkanes) is 2. The molecule has 1 aliphatic carbocycles. The molecule has 1 unspecified atom stereocenters. The van der Waals surface area contributed by atoms with Crippen molar-refractivity contribution >= 4 is 17.6 Å². The van der Waals surface area contributed by atoms with Crippen molar-refractivity contribution in [2.45, 2.75) is 102 Å². The molecule has 6 atom stereocenters. The van der Waals surface area contributed by atoms with Gasteiger partial charge in [0.25, 0.3) is 0 Å². The molecule has 0 saturated heterocycles. The normalized spacial score (nSPS) is 26.8. The van der Waals surface area contributed by atoms with Gasteiger partial charge in [0.1, 0.15) is 0 Å². The quantitative estimate of drug-likeness (QED) is 0.172. The van der Waals surface area contributed by atoms with E-state index in [0.29, 0.717) is 19.3 Å². The molecule has 1 aliphatic rings. The number of hydrogen-bond acceptors (Lipinski definition) is 5. The van der Waals surface area contributed by atoms with Gasteiger partial charge in [-0.25, -0.2) is 0 Å². The van der Waals surface area contributed by atoms with Crippen LogP contribution >= 0.6 is 11.6 Å². The van der Waals surface area contributed by atoms with Gasteiger partial charge in [0.05, 0.1) is 25.4 Å². The van der Waals surface area contributed by atoms with Crippen molar-refractivity contribution in [3.8, 4) is 0 Å². The minimum absolute atomic E-state index is 0.00575. The van der Waals surface area contributed by atoms with Crippen molar-refractivity contribution in [3.63, 3.8) is 0 Å². The maximum atomic E-state index is 11.2. The summed E-state index contributed by atoms with van der Waals surface area (Å²) in [5.41, 5.74) is -0.240. The third-order valence-electron chi connectivity index (χ3n) is 6.66. The fourth-order valence-corrected chi connectivity index (χ4v) is 5.00. The minimum atomic E-state index is -0.592. The number of methoxy groups -OCH3 is 2. The Balaban J connectivity index is 2.68. The predicted octanol–water partition coefficient (Wildman–Crippen LogP) is 4.86. The molecule has 6 heteroatoms. The number of hydrogen-bond donors (Lipinski definition) is 2. The van der Waals surface area contributed by atoms with Gasteiger partial charge in [-0.1, -0.05) is 45.8 Å². The zero-order chi connectivity index (χ0) is 22.7. The van der Waals surface area contributed by atoms with Crippen molar-refractivity contribution in [2.24, 2.45) is 17.3 Å². The predicted molar refractivity (Wildman–Crippen MR) is 122 cm³/mol. The summed E-state index contributed by atoms with van der Waals surface area (Å²) in [5, 5.41) is 21.6. The number of alkyl halides is 1. The summed E-state index contributed by atoms with van der Waals surface area (Å²) in [6, 6.07) is 0. The molecule has 0 aromatic heterocycles. The highest BCUT2D eigenvalue weighted by molar-refractivity contribution is 6.21. The first-order chi connectivity index (χ1) is 14.2. The van der Waals surface area contributed by atoms with Gasteiger partial charge >= 0.3 is 5.97 Å². The first kappa shape index (κ1) is 27.4. The number of carbonyl (C=O) groups excluding carboxylic acids is 1. The maximum absolute atomic E-state index is 11.2. The maximum Gasteiger partial charge on any atom is 0.305 e. The van der Waals surface area contributed by atoms with E-state index in [2.05, 4.69) is 37.7 Å². The van der Waals surface area contributed by atoms with Gasteiger partial charge in [0.2, 0.25) is 0 Å². The van der Waals surface area contributed by atoms with E-state index in [-0.39, 0.29) is 34.7 Å². The second kappa shape index (κ2) is 13.7. The molecule has 0 amide bonds. The molecular formula is C24H43ClO5. The van der Waals surface area contributed by atoms with Crippen LogP contribution in [-0.2, 0) is 14.3 Å². The molecule has 0 spiro atoms. The van der Waals surface area contributed by atoms with Crippen LogP contribution in [0.25, 0.3) is 0 Å². The standard InChI is InChI=1S/C24H43ClO5/c1-6-7-14-24(2,3)23(28)21(29-4)15-18-17(19(25)16-20(18)26)12-10-8-9-11-13-22(27)30-5/h8,10,17-21,23,26,28H,6-7,9,11-16H2,1-5H3/b10-8-/t17-,18-,19-,20-,21?,23-/m1/s1. The SMILES string of the molecule is CCCCC(C)(C)[C@H](O)C(C[C@@H]1[C@@H](C/C=C\CCCC(=O)OC)[C@H](Cl)C[C@H]1O)OC. The summed E-state index contributed by atoms with van der Waals surface area (Å²) in [5.74, 6) is -0.0508. The lowest BCUT2D eigenvalue weighted by atomic mass is 9.76. The van der Waals surface area contributed by atoms with E-state index in [1.54, 1.807) is 7.11 Å². The molecule has 1 fully saturated rings. The van der Waals surface area contributed by atoms with Gasteiger partial charge in [-0.05, 0) is 55.8 Å². The van der Waals surface area contributed by atoms with E-state index in [0.717, 1.165) is 38.5 Å². The number of allylic oxidation sites excluding steroid dienone is 2. The highest BCUT2D eigenvalue weighted by Crippen LogP contribution is 2.43. The van der Waals surface area contributed by atoms with Crippen LogP contribution in [0.4, 0.5) is 0 Å². The van der Waals surface area contributed by atoms with Crippen LogP contribution in [0, 0.1) is 17.3 Å². The van der Waals surface area contributed by atoms with Crippen LogP contribution in [0.1, 0.15) is 78.6 Å². The Bertz CT molecular complexity index is 522. The first-order valence-electron chi connectivity index (χ1n) is 11.4. The second-order valence-corrected chi connectivity index (χ2v) is 9.93. The topological polar surface area (TPSA) is 76.0 Å². The van der Waals surface area contributed by atoms with E-state index in [1.165, 1.54) is 7.11 Å². The molecule has 30 heavy (non-hydrogen) atoms. The Morgan fingerprint density at radius 3 is 2.53 bits per heavy atom. The summed E-state index contributed by atoms with van der Waals surface area (Å²) in [6.07, 6.45) is 9.81. The lowest BCUT2D eigenvalue weighted by molar-refractivity contribution is -0.140. The Kier molecular flexibility index (Phi) is 12.5. The summed E-state index contributed by atoms with van der Waals surface area (Å²) >= 11 is 6.57. The third kappa shape index (κ3) is 8.49. The van der Waals surface area contributed by atoms with Gasteiger partial charge < -0.3 is 19.7 Å². The molecule has 2 N–H and O–H groups in total. The summed E-state index contributed by atoms with van der Waals surface area (Å²) in [6.45, 7) is 6.33. The minimum Gasteiger partial charge on any atom is -0.469 e. The average molecular weight is 447 g/mol. The first-order valence-corrected chi connectivity index (χ1v) is 11.9. The van der Waals surface area contributed by atoms with Crippen LogP contribution in [0.5, 0.6) is 0 Å². The summed E-state index contributed by atoms with van der Waals surface area (Å²) in [7, 11) is 3.04. The Morgan fingerprint density at radius 2 is 1.93 bits per heavy atom. The lowest BCUT2D eigenvalue weighted by Crippen LogP contribution is -2.43. The largest absolute Gasteiger partial charge is 0.469 e. The zero-order valence-electron chi connectivity index (χ0n) is 19.5. The van der Waals surface area contributed by atoms with Crippen LogP contribution in [0.2, 0.25) is 0 Å². The fourth-order valence-electron chi connectivity index (χ4n) is 4.53. The van der Waals surface area contributed by atoms with Crippen LogP contribution in [0.3, 0.4) is 0 Å². The summed E-state index contributed by atoms with van der Waals surface area (Å²) in [4.78, 5) is 11.2. The Morgan fingerprint density at radius 1 is 1.23 bits per heavy atom. The highest BCUT2D eigenvalue weighted by Gasteiger charge is 2.44. The van der Waals surface area contributed by atoms with Crippen molar-refractivity contribution in [3.05, 3.63) is 12.2 Å². The van der Waals surface area contributed by atoms with E-state index >= 15 is 0 Å². The molecule has 0 heterocycles. The highest BCUT2D eigenvalue weighted by atomic mass is 35.5. The lowest BCUT2D eigenvalue weighted by Gasteiger charge is -2.37. The van der Waals surface area contributed by atoms with E-state index in [9.17, 15) is 15.0 Å². The molecule has 176 valence electrons. The number of halogens is 1. The third-order valence-corrected chi connectivity index (χ3v) is 7.17. The van der Waals surface area contributed by atoms with Gasteiger partial charge in [-0.15, -0.1) is 11.6 Å². The number of aliphatic hydroxyl groups excluding tert-OH is 2. The molecule has 0 aromatic carbocycles. The Hall–Kier alpha value is -0.620. The van der Waals surface area contributed by atoms with E-state index in [4.69, 9.17) is 16.3 Å². The smallest absolute Gasteiger partial charge is 0.305 e. The van der Waals surface area contributed by atoms with Crippen molar-refractivity contribution in [1.82, 2.24) is 0 Å². The van der Waals surface area contributed by atoms with Gasteiger partial charge in [-0.3, -0.25) is 4.79 Å². The van der Waals surface area contributed by atoms with Crippen LogP contribution < -0.4 is 0 Å². The Labute approximate surface area is 188 Å². The molecular weight excluding hydrogens is 404 g/mol. The number of esters is 1. The van der Waals surface area contributed by atoms with Crippen molar-refractivity contribution in [2.75, 3.05) is 14.2 Å². The van der Waals surface area contributed by atoms with Crippen LogP contribution in [0.15, 0.2) is 12.2 Å². The van der Waals surface area contributed by atoms with Crippen molar-refractivity contribution < 1.29 is 24.5 Å². The molecule has 0 bridgehead atoms. The molecule has 0 radical (unpaired) electrons. The number of ether oxygens (including phenoxy) is 2. The van der Waals surface area contributed by atoms with Gasteiger partial charge in [0, 0.05) is 18.9 Å². The second-order valence-electron chi connectivity index (χ2n) is 9.37. The number of carbonyl (C=O) groups is 1. The fraction of sp³-hybridized carbons (Fsp3) is 0.875. The van der Waals surface area contributed by atoms with Gasteiger partial charge in [-0.2, -0.15) is 0 Å². The van der Waals surface area contributed by atoms with Gasteiger partial charge in [0.15, 0.2) is 0 Å². The summed E-state index contributed by atoms with van der Waals surface area (Å²) < 4.78 is 10.3. The van der Waals surface area contributed by atoms with Crippen LogP contribution in [-0.4, -0.2) is 54.1 Å². The molecule has 5 nitrogen and oxygen atoms in total. The number of rotatable bonds is 14. The van der Waals surface area contributed by atoms with Crippen molar-refractivity contribution in [1.29, 1.82) is 0 Å². The zero-order valence-corrected chi connectivity index (χ0v) is 20.2.